The first-order valence-corrected chi connectivity index (χ1v) is 7.54. The zero-order chi connectivity index (χ0) is 15.4. The van der Waals surface area contributed by atoms with Gasteiger partial charge in [-0.15, -0.1) is 0 Å². The van der Waals surface area contributed by atoms with Crippen LogP contribution in [0.2, 0.25) is 0 Å². The summed E-state index contributed by atoms with van der Waals surface area (Å²) in [6, 6.07) is 16.7. The molecule has 1 amide bonds. The second-order valence-electron chi connectivity index (χ2n) is 4.69. The molecule has 0 atom stereocenters. The molecule has 1 aromatic carbocycles. The maximum absolute atomic E-state index is 12.8. The van der Waals surface area contributed by atoms with Gasteiger partial charge in [-0.25, -0.2) is 0 Å². The molecule has 4 nitrogen and oxygen atoms in total. The SMILES string of the molecule is O=C(c1ccc(Br)o1)N(Cc1cccnc1)c1ccccc1. The van der Waals surface area contributed by atoms with E-state index in [9.17, 15) is 4.79 Å². The van der Waals surface area contributed by atoms with E-state index in [-0.39, 0.29) is 5.91 Å². The molecule has 110 valence electrons. The molecular formula is C17H13BrN2O2. The molecular weight excluding hydrogens is 344 g/mol. The molecule has 0 aliphatic heterocycles. The van der Waals surface area contributed by atoms with E-state index >= 15 is 0 Å². The van der Waals surface area contributed by atoms with Gasteiger partial charge in [0.2, 0.25) is 0 Å². The Bertz CT molecular complexity index is 757. The summed E-state index contributed by atoms with van der Waals surface area (Å²) in [5.41, 5.74) is 1.76. The number of hydrogen-bond acceptors (Lipinski definition) is 3. The molecule has 0 radical (unpaired) electrons. The Morgan fingerprint density at radius 3 is 2.55 bits per heavy atom. The second kappa shape index (κ2) is 6.58. The van der Waals surface area contributed by atoms with Crippen molar-refractivity contribution in [2.75, 3.05) is 4.90 Å². The highest BCUT2D eigenvalue weighted by Crippen LogP contribution is 2.22. The summed E-state index contributed by atoms with van der Waals surface area (Å²) in [5.74, 6) is 0.0976. The number of nitrogens with zero attached hydrogens (tertiary/aromatic N) is 2. The lowest BCUT2D eigenvalue weighted by Gasteiger charge is -2.21. The number of carbonyl (C=O) groups is 1. The number of para-hydroxylation sites is 1. The number of aromatic nitrogens is 1. The molecule has 0 N–H and O–H groups in total. The number of anilines is 1. The zero-order valence-corrected chi connectivity index (χ0v) is 13.2. The summed E-state index contributed by atoms with van der Waals surface area (Å²) in [4.78, 5) is 18.5. The van der Waals surface area contributed by atoms with Crippen LogP contribution >= 0.6 is 15.9 Å². The van der Waals surface area contributed by atoms with Crippen molar-refractivity contribution < 1.29 is 9.21 Å². The van der Waals surface area contributed by atoms with Crippen LogP contribution in [0.5, 0.6) is 0 Å². The smallest absolute Gasteiger partial charge is 0.294 e. The van der Waals surface area contributed by atoms with Gasteiger partial charge in [0.25, 0.3) is 5.91 Å². The Hall–Kier alpha value is -2.40. The quantitative estimate of drug-likeness (QED) is 0.700. The molecule has 3 aromatic rings. The standard InChI is InChI=1S/C17H13BrN2O2/c18-16-9-8-15(22-16)17(21)20(14-6-2-1-3-7-14)12-13-5-4-10-19-11-13/h1-11H,12H2. The monoisotopic (exact) mass is 356 g/mol. The molecule has 0 saturated heterocycles. The van der Waals surface area contributed by atoms with Crippen LogP contribution in [-0.2, 0) is 6.54 Å². The van der Waals surface area contributed by atoms with Gasteiger partial charge in [0, 0.05) is 18.1 Å². The first-order valence-electron chi connectivity index (χ1n) is 6.75. The number of hydrogen-bond donors (Lipinski definition) is 0. The molecule has 0 spiro atoms. The third kappa shape index (κ3) is 3.26. The van der Waals surface area contributed by atoms with E-state index in [1.807, 2.05) is 42.5 Å². The first kappa shape index (κ1) is 14.5. The fourth-order valence-electron chi connectivity index (χ4n) is 2.12. The summed E-state index contributed by atoms with van der Waals surface area (Å²) in [6.45, 7) is 0.426. The molecule has 0 aliphatic carbocycles. The van der Waals surface area contributed by atoms with Crippen LogP contribution in [0.1, 0.15) is 16.1 Å². The molecule has 0 aliphatic rings. The molecule has 0 bridgehead atoms. The number of pyridine rings is 1. The van der Waals surface area contributed by atoms with E-state index in [1.54, 1.807) is 29.4 Å². The van der Waals surface area contributed by atoms with Gasteiger partial charge in [-0.2, -0.15) is 0 Å². The van der Waals surface area contributed by atoms with Crippen molar-refractivity contribution >= 4 is 27.5 Å². The van der Waals surface area contributed by atoms with Crippen LogP contribution in [0.3, 0.4) is 0 Å². The van der Waals surface area contributed by atoms with Gasteiger partial charge in [0.05, 0.1) is 6.54 Å². The Morgan fingerprint density at radius 1 is 1.09 bits per heavy atom. The highest BCUT2D eigenvalue weighted by Gasteiger charge is 2.21. The average molecular weight is 357 g/mol. The number of halogens is 1. The van der Waals surface area contributed by atoms with Crippen LogP contribution < -0.4 is 4.90 Å². The fraction of sp³-hybridized carbons (Fsp3) is 0.0588. The number of rotatable bonds is 4. The second-order valence-corrected chi connectivity index (χ2v) is 5.47. The Labute approximate surface area is 136 Å². The lowest BCUT2D eigenvalue weighted by Crippen LogP contribution is -2.30. The van der Waals surface area contributed by atoms with E-state index in [0.29, 0.717) is 17.0 Å². The van der Waals surface area contributed by atoms with Gasteiger partial charge >= 0.3 is 0 Å². The van der Waals surface area contributed by atoms with E-state index in [1.165, 1.54) is 0 Å². The summed E-state index contributed by atoms with van der Waals surface area (Å²) in [5, 5.41) is 0. The number of benzene rings is 1. The summed E-state index contributed by atoms with van der Waals surface area (Å²) in [6.07, 6.45) is 3.46. The molecule has 0 fully saturated rings. The predicted octanol–water partition coefficient (Wildman–Crippen LogP) is 4.28. The molecule has 0 saturated carbocycles. The molecule has 2 aromatic heterocycles. The third-order valence-electron chi connectivity index (χ3n) is 3.16. The number of furan rings is 1. The van der Waals surface area contributed by atoms with Crippen molar-refractivity contribution in [3.8, 4) is 0 Å². The lowest BCUT2D eigenvalue weighted by atomic mass is 10.2. The van der Waals surface area contributed by atoms with Gasteiger partial charge < -0.3 is 9.32 Å². The molecule has 22 heavy (non-hydrogen) atoms. The molecule has 2 heterocycles. The van der Waals surface area contributed by atoms with Crippen LogP contribution in [0.4, 0.5) is 5.69 Å². The first-order chi connectivity index (χ1) is 10.7. The molecule has 3 rings (SSSR count). The van der Waals surface area contributed by atoms with E-state index in [4.69, 9.17) is 4.42 Å². The minimum Gasteiger partial charge on any atom is -0.444 e. The van der Waals surface area contributed by atoms with E-state index in [2.05, 4.69) is 20.9 Å². The minimum absolute atomic E-state index is 0.194. The van der Waals surface area contributed by atoms with Crippen molar-refractivity contribution in [1.82, 2.24) is 4.98 Å². The zero-order valence-electron chi connectivity index (χ0n) is 11.6. The van der Waals surface area contributed by atoms with Crippen LogP contribution in [0, 0.1) is 0 Å². The van der Waals surface area contributed by atoms with E-state index in [0.717, 1.165) is 11.3 Å². The number of carbonyl (C=O) groups excluding carboxylic acids is 1. The lowest BCUT2D eigenvalue weighted by molar-refractivity contribution is 0.0957. The third-order valence-corrected chi connectivity index (χ3v) is 3.59. The van der Waals surface area contributed by atoms with Crippen molar-refractivity contribution in [3.05, 3.63) is 83.0 Å². The van der Waals surface area contributed by atoms with Gasteiger partial charge in [-0.3, -0.25) is 9.78 Å². The highest BCUT2D eigenvalue weighted by molar-refractivity contribution is 9.10. The van der Waals surface area contributed by atoms with Crippen molar-refractivity contribution in [1.29, 1.82) is 0 Å². The largest absolute Gasteiger partial charge is 0.444 e. The van der Waals surface area contributed by atoms with Crippen LogP contribution in [0.15, 0.2) is 76.1 Å². The Kier molecular flexibility index (Phi) is 4.34. The van der Waals surface area contributed by atoms with E-state index < -0.39 is 0 Å². The summed E-state index contributed by atoms with van der Waals surface area (Å²) >= 11 is 3.23. The van der Waals surface area contributed by atoms with Crippen LogP contribution in [-0.4, -0.2) is 10.9 Å². The maximum Gasteiger partial charge on any atom is 0.294 e. The summed E-state index contributed by atoms with van der Waals surface area (Å²) < 4.78 is 5.93. The molecule has 5 heteroatoms. The summed E-state index contributed by atoms with van der Waals surface area (Å²) in [7, 11) is 0. The fourth-order valence-corrected chi connectivity index (χ4v) is 2.43. The van der Waals surface area contributed by atoms with Gasteiger partial charge in [0.1, 0.15) is 0 Å². The average Bonchev–Trinajstić information content (AvgIpc) is 3.00. The van der Waals surface area contributed by atoms with Gasteiger partial charge in [0.15, 0.2) is 10.4 Å². The van der Waals surface area contributed by atoms with Crippen molar-refractivity contribution in [3.63, 3.8) is 0 Å². The Morgan fingerprint density at radius 2 is 1.91 bits per heavy atom. The topological polar surface area (TPSA) is 46.3 Å². The van der Waals surface area contributed by atoms with Gasteiger partial charge in [-0.05, 0) is 51.8 Å². The van der Waals surface area contributed by atoms with Crippen LogP contribution in [0.25, 0.3) is 0 Å². The predicted molar refractivity (Wildman–Crippen MR) is 87.6 cm³/mol. The van der Waals surface area contributed by atoms with Crippen molar-refractivity contribution in [2.45, 2.75) is 6.54 Å². The maximum atomic E-state index is 12.8. The van der Waals surface area contributed by atoms with Crippen molar-refractivity contribution in [2.24, 2.45) is 0 Å². The minimum atomic E-state index is -0.194. The normalized spacial score (nSPS) is 10.4. The number of amides is 1. The Balaban J connectivity index is 1.94. The molecule has 0 unspecified atom stereocenters. The highest BCUT2D eigenvalue weighted by atomic mass is 79.9. The van der Waals surface area contributed by atoms with Gasteiger partial charge in [-0.1, -0.05) is 24.3 Å².